The van der Waals surface area contributed by atoms with Gasteiger partial charge in [0.05, 0.1) is 12.2 Å². The first-order chi connectivity index (χ1) is 6.66. The zero-order chi connectivity index (χ0) is 10.1. The smallest absolute Gasteiger partial charge is 0.0643 e. The van der Waals surface area contributed by atoms with Gasteiger partial charge in [-0.05, 0) is 17.9 Å². The molecule has 14 heavy (non-hydrogen) atoms. The van der Waals surface area contributed by atoms with E-state index >= 15 is 0 Å². The molecule has 1 fully saturated rings. The molecule has 1 aromatic heterocycles. The highest BCUT2D eigenvalue weighted by atomic mass is 32.2. The Kier molecular flexibility index (Phi) is 2.72. The minimum Gasteiger partial charge on any atom is -0.268 e. The van der Waals surface area contributed by atoms with Crippen molar-refractivity contribution in [3.8, 4) is 0 Å². The van der Waals surface area contributed by atoms with Crippen LogP contribution < -0.4 is 0 Å². The third kappa shape index (κ3) is 1.90. The van der Waals surface area contributed by atoms with Crippen molar-refractivity contribution in [2.75, 3.05) is 11.5 Å². The molecule has 4 heteroatoms. The van der Waals surface area contributed by atoms with Gasteiger partial charge < -0.3 is 0 Å². The molecular formula is C10H16N2OS. The van der Waals surface area contributed by atoms with E-state index in [0.717, 1.165) is 17.9 Å². The molecule has 78 valence electrons. The monoisotopic (exact) mass is 212 g/mol. The van der Waals surface area contributed by atoms with E-state index in [1.807, 2.05) is 10.9 Å². The van der Waals surface area contributed by atoms with E-state index in [1.54, 1.807) is 0 Å². The molecule has 0 aliphatic carbocycles. The first kappa shape index (κ1) is 9.90. The fraction of sp³-hybridized carbons (Fsp3) is 0.700. The quantitative estimate of drug-likeness (QED) is 0.748. The van der Waals surface area contributed by atoms with Crippen LogP contribution in [0.25, 0.3) is 0 Å². The normalized spacial score (nSPS) is 27.4. The first-order valence-electron chi connectivity index (χ1n) is 5.06. The molecule has 1 aliphatic rings. The molecule has 0 aromatic carbocycles. The van der Waals surface area contributed by atoms with E-state index in [2.05, 4.69) is 25.1 Å². The maximum absolute atomic E-state index is 11.2. The molecule has 0 N–H and O–H groups in total. The molecular weight excluding hydrogens is 196 g/mol. The second-order valence-electron chi connectivity index (χ2n) is 4.16. The molecule has 3 nitrogen and oxygen atoms in total. The summed E-state index contributed by atoms with van der Waals surface area (Å²) >= 11 is 0. The fourth-order valence-electron chi connectivity index (χ4n) is 1.71. The van der Waals surface area contributed by atoms with Gasteiger partial charge in [-0.3, -0.25) is 8.89 Å². The van der Waals surface area contributed by atoms with Crippen LogP contribution in [-0.4, -0.2) is 25.5 Å². The van der Waals surface area contributed by atoms with Crippen LogP contribution in [0.15, 0.2) is 12.4 Å². The number of hydrogen-bond donors (Lipinski definition) is 0. The molecule has 2 rings (SSSR count). The summed E-state index contributed by atoms with van der Waals surface area (Å²) in [5.41, 5.74) is 1.27. The maximum atomic E-state index is 11.2. The first-order valence-corrected chi connectivity index (χ1v) is 6.54. The fourth-order valence-corrected chi connectivity index (χ4v) is 3.16. The molecule has 1 saturated heterocycles. The van der Waals surface area contributed by atoms with Crippen molar-refractivity contribution in [1.82, 2.24) is 9.78 Å². The second kappa shape index (κ2) is 3.85. The van der Waals surface area contributed by atoms with Crippen LogP contribution in [0, 0.1) is 0 Å². The van der Waals surface area contributed by atoms with E-state index in [0.29, 0.717) is 12.0 Å². The van der Waals surface area contributed by atoms with Gasteiger partial charge in [-0.25, -0.2) is 0 Å². The SMILES string of the molecule is CC(C)c1cnn(C2CCS(=O)C2)c1. The Morgan fingerprint density at radius 2 is 2.43 bits per heavy atom. The topological polar surface area (TPSA) is 34.9 Å². The number of nitrogens with zero attached hydrogens (tertiary/aromatic N) is 2. The van der Waals surface area contributed by atoms with Gasteiger partial charge in [-0.1, -0.05) is 13.8 Å². The van der Waals surface area contributed by atoms with Gasteiger partial charge in [0.25, 0.3) is 0 Å². The van der Waals surface area contributed by atoms with Crippen molar-refractivity contribution >= 4 is 10.8 Å². The Morgan fingerprint density at radius 3 is 2.93 bits per heavy atom. The van der Waals surface area contributed by atoms with Gasteiger partial charge in [0, 0.05) is 28.5 Å². The largest absolute Gasteiger partial charge is 0.268 e. The molecule has 1 aliphatic heterocycles. The summed E-state index contributed by atoms with van der Waals surface area (Å²) in [6, 6.07) is 0.364. The van der Waals surface area contributed by atoms with E-state index in [-0.39, 0.29) is 0 Å². The van der Waals surface area contributed by atoms with Crippen molar-refractivity contribution < 1.29 is 4.21 Å². The number of rotatable bonds is 2. The van der Waals surface area contributed by atoms with Crippen LogP contribution in [0.4, 0.5) is 0 Å². The van der Waals surface area contributed by atoms with Gasteiger partial charge in [-0.15, -0.1) is 0 Å². The second-order valence-corrected chi connectivity index (χ2v) is 5.78. The van der Waals surface area contributed by atoms with E-state index in [1.165, 1.54) is 5.56 Å². The van der Waals surface area contributed by atoms with Crippen molar-refractivity contribution in [3.05, 3.63) is 18.0 Å². The van der Waals surface area contributed by atoms with Gasteiger partial charge in [0.15, 0.2) is 0 Å². The van der Waals surface area contributed by atoms with Crippen molar-refractivity contribution in [3.63, 3.8) is 0 Å². The summed E-state index contributed by atoms with van der Waals surface area (Å²) in [6.07, 6.45) is 5.02. The summed E-state index contributed by atoms with van der Waals surface area (Å²) in [4.78, 5) is 0. The molecule has 2 atom stereocenters. The Balaban J connectivity index is 2.13. The molecule has 0 radical (unpaired) electrons. The highest BCUT2D eigenvalue weighted by Gasteiger charge is 2.23. The maximum Gasteiger partial charge on any atom is 0.0643 e. The summed E-state index contributed by atoms with van der Waals surface area (Å²) in [7, 11) is -0.616. The molecule has 0 amide bonds. The van der Waals surface area contributed by atoms with Crippen molar-refractivity contribution in [2.45, 2.75) is 32.2 Å². The third-order valence-corrected chi connectivity index (χ3v) is 4.17. The van der Waals surface area contributed by atoms with Crippen LogP contribution in [0.5, 0.6) is 0 Å². The van der Waals surface area contributed by atoms with Crippen LogP contribution in [-0.2, 0) is 10.8 Å². The predicted octanol–water partition coefficient (Wildman–Crippen LogP) is 1.70. The zero-order valence-corrected chi connectivity index (χ0v) is 9.46. The van der Waals surface area contributed by atoms with Gasteiger partial charge in [-0.2, -0.15) is 5.10 Å². The minimum absolute atomic E-state index is 0.364. The number of hydrogen-bond acceptors (Lipinski definition) is 2. The molecule has 1 aromatic rings. The summed E-state index contributed by atoms with van der Waals surface area (Å²) in [5.74, 6) is 2.14. The van der Waals surface area contributed by atoms with Crippen molar-refractivity contribution in [2.24, 2.45) is 0 Å². The van der Waals surface area contributed by atoms with Crippen LogP contribution in [0.2, 0.25) is 0 Å². The molecule has 2 unspecified atom stereocenters. The minimum atomic E-state index is -0.616. The summed E-state index contributed by atoms with van der Waals surface area (Å²) < 4.78 is 13.2. The summed E-state index contributed by atoms with van der Waals surface area (Å²) in [5, 5.41) is 4.34. The highest BCUT2D eigenvalue weighted by molar-refractivity contribution is 7.85. The Morgan fingerprint density at radius 1 is 1.64 bits per heavy atom. The lowest BCUT2D eigenvalue weighted by molar-refractivity contribution is 0.500. The predicted molar refractivity (Wildman–Crippen MR) is 57.8 cm³/mol. The summed E-state index contributed by atoms with van der Waals surface area (Å²) in [6.45, 7) is 4.32. The molecule has 0 saturated carbocycles. The Labute approximate surface area is 87.0 Å². The van der Waals surface area contributed by atoms with Crippen molar-refractivity contribution in [1.29, 1.82) is 0 Å². The molecule has 0 spiro atoms. The number of aromatic nitrogens is 2. The average Bonchev–Trinajstić information content (AvgIpc) is 2.70. The van der Waals surface area contributed by atoms with E-state index < -0.39 is 10.8 Å². The average molecular weight is 212 g/mol. The van der Waals surface area contributed by atoms with E-state index in [9.17, 15) is 4.21 Å². The Hall–Kier alpha value is -0.640. The molecule has 2 heterocycles. The standard InChI is InChI=1S/C10H16N2OS/c1-8(2)9-5-11-12(6-9)10-3-4-14(13)7-10/h5-6,8,10H,3-4,7H2,1-2H3. The zero-order valence-electron chi connectivity index (χ0n) is 8.64. The van der Waals surface area contributed by atoms with Crippen LogP contribution >= 0.6 is 0 Å². The van der Waals surface area contributed by atoms with Gasteiger partial charge in [0.2, 0.25) is 0 Å². The van der Waals surface area contributed by atoms with Crippen LogP contribution in [0.1, 0.15) is 37.8 Å². The van der Waals surface area contributed by atoms with Gasteiger partial charge in [0.1, 0.15) is 0 Å². The highest BCUT2D eigenvalue weighted by Crippen LogP contribution is 2.22. The molecule has 0 bridgehead atoms. The lowest BCUT2D eigenvalue weighted by Crippen LogP contribution is -2.09. The van der Waals surface area contributed by atoms with E-state index in [4.69, 9.17) is 0 Å². The third-order valence-electron chi connectivity index (χ3n) is 2.72. The van der Waals surface area contributed by atoms with Crippen LogP contribution in [0.3, 0.4) is 0 Å². The lowest BCUT2D eigenvalue weighted by atomic mass is 10.1. The Bertz CT molecular complexity index is 346. The lowest BCUT2D eigenvalue weighted by Gasteiger charge is -2.07. The van der Waals surface area contributed by atoms with Gasteiger partial charge >= 0.3 is 0 Å².